The van der Waals surface area contributed by atoms with Gasteiger partial charge in [-0.15, -0.1) is 10.2 Å². The third kappa shape index (κ3) is 4.98. The van der Waals surface area contributed by atoms with Gasteiger partial charge >= 0.3 is 0 Å². The number of nitrogens with zero attached hydrogens (tertiary/aromatic N) is 2. The van der Waals surface area contributed by atoms with Crippen molar-refractivity contribution in [3.8, 4) is 0 Å². The summed E-state index contributed by atoms with van der Waals surface area (Å²) in [7, 11) is 0. The van der Waals surface area contributed by atoms with E-state index in [2.05, 4.69) is 36.8 Å². The Balaban J connectivity index is 1.85. The molecule has 2 aromatic rings. The Hall–Kier alpha value is -1.12. The summed E-state index contributed by atoms with van der Waals surface area (Å²) in [5.41, 5.74) is 1.88. The largest absolute Gasteiger partial charge is 0.360 e. The van der Waals surface area contributed by atoms with E-state index in [4.69, 9.17) is 0 Å². The molecule has 0 bridgehead atoms. The molecule has 0 spiro atoms. The summed E-state index contributed by atoms with van der Waals surface area (Å²) in [5, 5.41) is 14.8. The number of rotatable bonds is 6. The molecule has 0 aliphatic rings. The molecule has 112 valence electrons. The standard InChI is InChI=1S/C13H15BrN4OS2/c1-3-15-12-17-18-13(21-12)20-7-11(19)16-9-4-5-10(14)8(2)6-9/h4-6H,3,7H2,1-2H3,(H,15,17)(H,16,19). The van der Waals surface area contributed by atoms with Crippen LogP contribution in [0.15, 0.2) is 27.0 Å². The van der Waals surface area contributed by atoms with Crippen LogP contribution in [-0.4, -0.2) is 28.4 Å². The average molecular weight is 387 g/mol. The van der Waals surface area contributed by atoms with Gasteiger partial charge in [0, 0.05) is 16.7 Å². The van der Waals surface area contributed by atoms with Crippen LogP contribution in [0.5, 0.6) is 0 Å². The molecule has 0 unspecified atom stereocenters. The van der Waals surface area contributed by atoms with E-state index in [1.54, 1.807) is 0 Å². The van der Waals surface area contributed by atoms with Crippen molar-refractivity contribution in [3.63, 3.8) is 0 Å². The number of aryl methyl sites for hydroxylation is 1. The van der Waals surface area contributed by atoms with Gasteiger partial charge in [0.15, 0.2) is 4.34 Å². The smallest absolute Gasteiger partial charge is 0.234 e. The van der Waals surface area contributed by atoms with Gasteiger partial charge in [-0.25, -0.2) is 0 Å². The maximum absolute atomic E-state index is 11.9. The van der Waals surface area contributed by atoms with Gasteiger partial charge in [-0.1, -0.05) is 39.0 Å². The van der Waals surface area contributed by atoms with E-state index < -0.39 is 0 Å². The van der Waals surface area contributed by atoms with Crippen molar-refractivity contribution in [2.24, 2.45) is 0 Å². The first-order chi connectivity index (χ1) is 10.1. The van der Waals surface area contributed by atoms with Gasteiger partial charge in [0.05, 0.1) is 5.75 Å². The van der Waals surface area contributed by atoms with Crippen molar-refractivity contribution in [1.29, 1.82) is 0 Å². The second-order valence-corrected chi connectivity index (χ2v) is 7.26. The molecule has 0 saturated heterocycles. The highest BCUT2D eigenvalue weighted by molar-refractivity contribution is 9.10. The highest BCUT2D eigenvalue weighted by Crippen LogP contribution is 2.25. The molecule has 21 heavy (non-hydrogen) atoms. The van der Waals surface area contributed by atoms with E-state index in [0.29, 0.717) is 5.75 Å². The average Bonchev–Trinajstić information content (AvgIpc) is 2.89. The molecule has 0 aliphatic heterocycles. The van der Waals surface area contributed by atoms with Crippen molar-refractivity contribution < 1.29 is 4.79 Å². The van der Waals surface area contributed by atoms with Gasteiger partial charge in [-0.05, 0) is 37.6 Å². The van der Waals surface area contributed by atoms with Crippen LogP contribution < -0.4 is 10.6 Å². The molecule has 1 heterocycles. The monoisotopic (exact) mass is 386 g/mol. The Morgan fingerprint density at radius 2 is 2.24 bits per heavy atom. The summed E-state index contributed by atoms with van der Waals surface area (Å²) < 4.78 is 1.81. The normalized spacial score (nSPS) is 10.4. The molecule has 0 radical (unpaired) electrons. The molecule has 2 N–H and O–H groups in total. The van der Waals surface area contributed by atoms with Crippen LogP contribution in [0.2, 0.25) is 0 Å². The quantitative estimate of drug-likeness (QED) is 0.739. The highest BCUT2D eigenvalue weighted by Gasteiger charge is 2.08. The maximum Gasteiger partial charge on any atom is 0.234 e. The Kier molecular flexibility index (Phi) is 6.01. The summed E-state index contributed by atoms with van der Waals surface area (Å²) in [5.74, 6) is 0.262. The lowest BCUT2D eigenvalue weighted by Crippen LogP contribution is -2.14. The predicted octanol–water partition coefficient (Wildman–Crippen LogP) is 3.77. The SMILES string of the molecule is CCNc1nnc(SCC(=O)Nc2ccc(Br)c(C)c2)s1. The highest BCUT2D eigenvalue weighted by atomic mass is 79.9. The van der Waals surface area contributed by atoms with Gasteiger partial charge < -0.3 is 10.6 Å². The number of anilines is 2. The fraction of sp³-hybridized carbons (Fsp3) is 0.308. The van der Waals surface area contributed by atoms with Gasteiger partial charge in [0.2, 0.25) is 11.0 Å². The van der Waals surface area contributed by atoms with Crippen molar-refractivity contribution in [2.45, 2.75) is 18.2 Å². The Morgan fingerprint density at radius 1 is 1.43 bits per heavy atom. The number of aromatic nitrogens is 2. The van der Waals surface area contributed by atoms with Crippen LogP contribution in [0, 0.1) is 6.92 Å². The second-order valence-electron chi connectivity index (χ2n) is 4.20. The summed E-state index contributed by atoms with van der Waals surface area (Å²) in [6.45, 7) is 4.79. The third-order valence-corrected chi connectivity index (χ3v) is 5.41. The van der Waals surface area contributed by atoms with Crippen molar-refractivity contribution in [1.82, 2.24) is 10.2 Å². The fourth-order valence-corrected chi connectivity index (χ4v) is 3.40. The summed E-state index contributed by atoms with van der Waals surface area (Å²) in [6, 6.07) is 5.72. The van der Waals surface area contributed by atoms with Crippen molar-refractivity contribution in [2.75, 3.05) is 22.9 Å². The molecule has 0 atom stereocenters. The lowest BCUT2D eigenvalue weighted by atomic mass is 10.2. The van der Waals surface area contributed by atoms with E-state index in [1.165, 1.54) is 23.1 Å². The van der Waals surface area contributed by atoms with Gasteiger partial charge in [-0.3, -0.25) is 4.79 Å². The molecule has 1 aromatic heterocycles. The third-order valence-electron chi connectivity index (χ3n) is 2.50. The molecular weight excluding hydrogens is 372 g/mol. The molecule has 1 amide bonds. The molecule has 5 nitrogen and oxygen atoms in total. The van der Waals surface area contributed by atoms with E-state index in [1.807, 2.05) is 32.0 Å². The van der Waals surface area contributed by atoms with Crippen LogP contribution in [0.4, 0.5) is 10.8 Å². The first-order valence-corrected chi connectivity index (χ1v) is 8.94. The van der Waals surface area contributed by atoms with E-state index in [9.17, 15) is 4.79 Å². The maximum atomic E-state index is 11.9. The summed E-state index contributed by atoms with van der Waals surface area (Å²) >= 11 is 6.27. The van der Waals surface area contributed by atoms with E-state index in [0.717, 1.165) is 31.7 Å². The minimum atomic E-state index is -0.0538. The molecule has 0 aliphatic carbocycles. The Morgan fingerprint density at radius 3 is 2.95 bits per heavy atom. The number of carbonyl (C=O) groups is 1. The topological polar surface area (TPSA) is 66.9 Å². The first kappa shape index (κ1) is 16.3. The number of carbonyl (C=O) groups excluding carboxylic acids is 1. The van der Waals surface area contributed by atoms with Crippen LogP contribution >= 0.6 is 39.0 Å². The number of halogens is 1. The van der Waals surface area contributed by atoms with Crippen LogP contribution in [0.1, 0.15) is 12.5 Å². The summed E-state index contributed by atoms with van der Waals surface area (Å²) in [6.07, 6.45) is 0. The van der Waals surface area contributed by atoms with Crippen LogP contribution in [0.25, 0.3) is 0 Å². The number of hydrogen-bond donors (Lipinski definition) is 2. The molecule has 0 saturated carbocycles. The van der Waals surface area contributed by atoms with E-state index in [-0.39, 0.29) is 5.91 Å². The zero-order valence-corrected chi connectivity index (χ0v) is 14.9. The number of nitrogens with one attached hydrogen (secondary N) is 2. The number of benzene rings is 1. The molecule has 8 heteroatoms. The first-order valence-electron chi connectivity index (χ1n) is 6.34. The van der Waals surface area contributed by atoms with Gasteiger partial charge in [-0.2, -0.15) is 0 Å². The van der Waals surface area contributed by atoms with Gasteiger partial charge in [0.25, 0.3) is 0 Å². The van der Waals surface area contributed by atoms with Gasteiger partial charge in [0.1, 0.15) is 0 Å². The number of thioether (sulfide) groups is 1. The number of amides is 1. The van der Waals surface area contributed by atoms with Crippen LogP contribution in [-0.2, 0) is 4.79 Å². The summed E-state index contributed by atoms with van der Waals surface area (Å²) in [4.78, 5) is 11.9. The lowest BCUT2D eigenvalue weighted by molar-refractivity contribution is -0.113. The molecular formula is C13H15BrN4OS2. The Bertz CT molecular complexity index is 632. The second kappa shape index (κ2) is 7.77. The molecule has 1 aromatic carbocycles. The van der Waals surface area contributed by atoms with Crippen molar-refractivity contribution >= 4 is 55.8 Å². The zero-order valence-electron chi connectivity index (χ0n) is 11.6. The van der Waals surface area contributed by atoms with Crippen molar-refractivity contribution in [3.05, 3.63) is 28.2 Å². The molecule has 0 fully saturated rings. The zero-order chi connectivity index (χ0) is 15.2. The molecule has 2 rings (SSSR count). The van der Waals surface area contributed by atoms with E-state index >= 15 is 0 Å². The predicted molar refractivity (Wildman–Crippen MR) is 92.3 cm³/mol. The minimum absolute atomic E-state index is 0.0538. The Labute approximate surface area is 140 Å². The lowest BCUT2D eigenvalue weighted by Gasteiger charge is -2.06. The number of hydrogen-bond acceptors (Lipinski definition) is 6. The van der Waals surface area contributed by atoms with Crippen LogP contribution in [0.3, 0.4) is 0 Å². The fourth-order valence-electron chi connectivity index (χ4n) is 1.54. The minimum Gasteiger partial charge on any atom is -0.360 e.